The maximum absolute atomic E-state index is 11.1. The van der Waals surface area contributed by atoms with Crippen molar-refractivity contribution in [2.45, 2.75) is 51.4 Å². The number of hydrogen-bond donors (Lipinski definition) is 1. The molecule has 0 saturated carbocycles. The molecule has 1 N–H and O–H groups in total. The van der Waals surface area contributed by atoms with Crippen LogP contribution in [0.15, 0.2) is 11.5 Å². The van der Waals surface area contributed by atoms with Crippen LogP contribution in [0, 0.1) is 0 Å². The zero-order valence-corrected chi connectivity index (χ0v) is 12.7. The van der Waals surface area contributed by atoms with Crippen molar-refractivity contribution in [3.63, 3.8) is 0 Å². The molecule has 0 aliphatic heterocycles. The lowest BCUT2D eigenvalue weighted by Crippen LogP contribution is -1.94. The molecular formula is C12H23BrO3S. The molecule has 0 aromatic carbocycles. The van der Waals surface area contributed by atoms with Crippen LogP contribution < -0.4 is 0 Å². The Hall–Kier alpha value is 0.130. The summed E-state index contributed by atoms with van der Waals surface area (Å²) >= 11 is 2.94. The monoisotopic (exact) mass is 326 g/mol. The van der Waals surface area contributed by atoms with E-state index >= 15 is 0 Å². The molecule has 102 valence electrons. The van der Waals surface area contributed by atoms with Gasteiger partial charge in [-0.1, -0.05) is 54.1 Å². The van der Waals surface area contributed by atoms with Crippen molar-refractivity contribution < 1.29 is 13.5 Å². The van der Waals surface area contributed by atoms with Gasteiger partial charge in [0.05, 0.1) is 0 Å². The standard InChI is InChI=1S/C12H23BrO3S/c13-12-17(15,16)11-9-7-5-3-1-2-4-6-8-10-14/h9,11,14H,1-8,10,12H2/b11-9+. The summed E-state index contributed by atoms with van der Waals surface area (Å²) in [5.41, 5.74) is 0. The summed E-state index contributed by atoms with van der Waals surface area (Å²) < 4.78 is 22.2. The Morgan fingerprint density at radius 3 is 2.00 bits per heavy atom. The Balaban J connectivity index is 3.30. The number of halogens is 1. The number of rotatable bonds is 11. The highest BCUT2D eigenvalue weighted by molar-refractivity contribution is 9.10. The van der Waals surface area contributed by atoms with Gasteiger partial charge >= 0.3 is 0 Å². The third-order valence-corrected chi connectivity index (χ3v) is 5.31. The summed E-state index contributed by atoms with van der Waals surface area (Å²) in [6.45, 7) is 0.298. The van der Waals surface area contributed by atoms with E-state index in [2.05, 4.69) is 15.9 Å². The van der Waals surface area contributed by atoms with E-state index in [1.807, 2.05) is 0 Å². The highest BCUT2D eigenvalue weighted by Crippen LogP contribution is 2.09. The summed E-state index contributed by atoms with van der Waals surface area (Å²) in [4.78, 5) is 0. The molecule has 0 aliphatic rings. The highest BCUT2D eigenvalue weighted by atomic mass is 79.9. The molecule has 0 aromatic rings. The fourth-order valence-electron chi connectivity index (χ4n) is 1.51. The number of aliphatic hydroxyl groups is 1. The van der Waals surface area contributed by atoms with E-state index in [1.54, 1.807) is 6.08 Å². The smallest absolute Gasteiger partial charge is 0.181 e. The Bertz CT molecular complexity index is 286. The topological polar surface area (TPSA) is 54.4 Å². The molecule has 17 heavy (non-hydrogen) atoms. The average Bonchev–Trinajstić information content (AvgIpc) is 2.31. The number of sulfone groups is 1. The van der Waals surface area contributed by atoms with Crippen LogP contribution in [0.3, 0.4) is 0 Å². The van der Waals surface area contributed by atoms with Crippen LogP contribution in [0.4, 0.5) is 0 Å². The second-order valence-corrected chi connectivity index (χ2v) is 7.32. The first-order valence-electron chi connectivity index (χ1n) is 6.18. The van der Waals surface area contributed by atoms with Gasteiger partial charge in [0.2, 0.25) is 0 Å². The first kappa shape index (κ1) is 17.1. The van der Waals surface area contributed by atoms with Gasteiger partial charge in [-0.05, 0) is 19.3 Å². The van der Waals surface area contributed by atoms with E-state index in [0.717, 1.165) is 32.1 Å². The number of alkyl halides is 1. The minimum Gasteiger partial charge on any atom is -0.396 e. The van der Waals surface area contributed by atoms with Crippen LogP contribution in [-0.4, -0.2) is 24.8 Å². The number of allylic oxidation sites excluding steroid dienone is 1. The predicted octanol–water partition coefficient (Wildman–Crippen LogP) is 3.38. The molecule has 0 fully saturated rings. The first-order valence-corrected chi connectivity index (χ1v) is 9.02. The Morgan fingerprint density at radius 2 is 1.47 bits per heavy atom. The number of unbranched alkanes of at least 4 members (excludes halogenated alkanes) is 7. The Labute approximate surface area is 113 Å². The van der Waals surface area contributed by atoms with Crippen molar-refractivity contribution in [1.29, 1.82) is 0 Å². The second kappa shape index (κ2) is 11.2. The molecule has 3 nitrogen and oxygen atoms in total. The molecule has 0 aliphatic carbocycles. The van der Waals surface area contributed by atoms with E-state index < -0.39 is 9.84 Å². The maximum Gasteiger partial charge on any atom is 0.181 e. The SMILES string of the molecule is O=S(=O)(/C=C/CCCCCCCCCO)CBr. The van der Waals surface area contributed by atoms with Crippen molar-refractivity contribution in [3.8, 4) is 0 Å². The van der Waals surface area contributed by atoms with Crippen molar-refractivity contribution in [2.75, 3.05) is 11.3 Å². The lowest BCUT2D eigenvalue weighted by molar-refractivity contribution is 0.282. The molecule has 0 radical (unpaired) electrons. The van der Waals surface area contributed by atoms with E-state index in [-0.39, 0.29) is 4.66 Å². The lowest BCUT2D eigenvalue weighted by atomic mass is 10.1. The summed E-state index contributed by atoms with van der Waals surface area (Å²) in [7, 11) is -3.01. The van der Waals surface area contributed by atoms with Crippen LogP contribution in [0.5, 0.6) is 0 Å². The largest absolute Gasteiger partial charge is 0.396 e. The molecule has 0 unspecified atom stereocenters. The summed E-state index contributed by atoms with van der Waals surface area (Å²) in [5, 5.41) is 9.89. The molecule has 0 saturated heterocycles. The van der Waals surface area contributed by atoms with Gasteiger partial charge in [0, 0.05) is 12.0 Å². The van der Waals surface area contributed by atoms with Crippen LogP contribution >= 0.6 is 15.9 Å². The van der Waals surface area contributed by atoms with Gasteiger partial charge in [0.1, 0.15) is 4.66 Å². The van der Waals surface area contributed by atoms with Gasteiger partial charge in [-0.3, -0.25) is 0 Å². The van der Waals surface area contributed by atoms with Crippen LogP contribution in [0.1, 0.15) is 51.4 Å². The third kappa shape index (κ3) is 12.4. The van der Waals surface area contributed by atoms with Crippen molar-refractivity contribution in [1.82, 2.24) is 0 Å². The minimum absolute atomic E-state index is 0.00135. The van der Waals surface area contributed by atoms with Gasteiger partial charge in [0.15, 0.2) is 9.84 Å². The maximum atomic E-state index is 11.1. The summed E-state index contributed by atoms with van der Waals surface area (Å²) in [5.74, 6) is 0. The lowest BCUT2D eigenvalue weighted by Gasteiger charge is -1.99. The van der Waals surface area contributed by atoms with Gasteiger partial charge in [-0.15, -0.1) is 0 Å². The van der Waals surface area contributed by atoms with E-state index in [9.17, 15) is 8.42 Å². The molecule has 0 aromatic heterocycles. The highest BCUT2D eigenvalue weighted by Gasteiger charge is 2.00. The fraction of sp³-hybridized carbons (Fsp3) is 0.833. The van der Waals surface area contributed by atoms with E-state index in [4.69, 9.17) is 5.11 Å². The van der Waals surface area contributed by atoms with Gasteiger partial charge in [-0.25, -0.2) is 8.42 Å². The zero-order valence-electron chi connectivity index (χ0n) is 10.3. The zero-order chi connectivity index (χ0) is 13.0. The quantitative estimate of drug-likeness (QED) is 0.467. The van der Waals surface area contributed by atoms with Crippen LogP contribution in [-0.2, 0) is 9.84 Å². The van der Waals surface area contributed by atoms with Gasteiger partial charge in [0.25, 0.3) is 0 Å². The van der Waals surface area contributed by atoms with E-state index in [0.29, 0.717) is 6.61 Å². The normalized spacial score (nSPS) is 12.4. The molecule has 0 heterocycles. The Kier molecular flexibility index (Phi) is 11.3. The first-order chi connectivity index (χ1) is 8.12. The van der Waals surface area contributed by atoms with Gasteiger partial charge < -0.3 is 5.11 Å². The molecule has 0 spiro atoms. The molecule has 0 bridgehead atoms. The predicted molar refractivity (Wildman–Crippen MR) is 75.9 cm³/mol. The molecule has 0 amide bonds. The van der Waals surface area contributed by atoms with E-state index in [1.165, 1.54) is 24.7 Å². The molecule has 5 heteroatoms. The Morgan fingerprint density at radius 1 is 0.941 bits per heavy atom. The summed E-state index contributed by atoms with van der Waals surface area (Å²) in [6.07, 6.45) is 10.4. The minimum atomic E-state index is -3.01. The summed E-state index contributed by atoms with van der Waals surface area (Å²) in [6, 6.07) is 0. The fourth-order valence-corrected chi connectivity index (χ4v) is 2.47. The molecular weight excluding hydrogens is 304 g/mol. The van der Waals surface area contributed by atoms with Crippen LogP contribution in [0.25, 0.3) is 0 Å². The van der Waals surface area contributed by atoms with Crippen molar-refractivity contribution in [2.24, 2.45) is 0 Å². The number of aliphatic hydroxyl groups excluding tert-OH is 1. The van der Waals surface area contributed by atoms with Crippen molar-refractivity contribution in [3.05, 3.63) is 11.5 Å². The molecule has 0 atom stereocenters. The van der Waals surface area contributed by atoms with Gasteiger partial charge in [-0.2, -0.15) is 0 Å². The third-order valence-electron chi connectivity index (χ3n) is 2.48. The second-order valence-electron chi connectivity index (χ2n) is 4.13. The molecule has 0 rings (SSSR count). The van der Waals surface area contributed by atoms with Crippen LogP contribution in [0.2, 0.25) is 0 Å². The van der Waals surface area contributed by atoms with Crippen molar-refractivity contribution >= 4 is 25.8 Å². The number of hydrogen-bond acceptors (Lipinski definition) is 3. The average molecular weight is 327 g/mol.